The Labute approximate surface area is 173 Å². The Bertz CT molecular complexity index is 980. The van der Waals surface area contributed by atoms with Gasteiger partial charge in [-0.2, -0.15) is 4.31 Å². The Morgan fingerprint density at radius 1 is 1.00 bits per heavy atom. The maximum Gasteiger partial charge on any atom is 0.243 e. The Balaban J connectivity index is 1.58. The van der Waals surface area contributed by atoms with E-state index in [9.17, 15) is 13.2 Å². The van der Waals surface area contributed by atoms with Gasteiger partial charge in [0.05, 0.1) is 12.0 Å². The zero-order valence-electron chi connectivity index (χ0n) is 17.2. The molecule has 0 bridgehead atoms. The summed E-state index contributed by atoms with van der Waals surface area (Å²) in [5, 5.41) is 0. The van der Waals surface area contributed by atoms with Crippen molar-refractivity contribution in [2.75, 3.05) is 33.3 Å². The molecule has 1 fully saturated rings. The van der Waals surface area contributed by atoms with Crippen LogP contribution >= 0.6 is 0 Å². The zero-order chi connectivity index (χ0) is 21.0. The van der Waals surface area contributed by atoms with Gasteiger partial charge in [-0.3, -0.25) is 4.79 Å². The molecule has 0 aliphatic carbocycles. The number of carbonyl (C=O) groups excluding carboxylic acids is 1. The summed E-state index contributed by atoms with van der Waals surface area (Å²) in [6.45, 7) is 5.32. The normalized spacial score (nSPS) is 15.3. The van der Waals surface area contributed by atoms with E-state index in [1.54, 1.807) is 24.1 Å². The van der Waals surface area contributed by atoms with Crippen molar-refractivity contribution in [3.63, 3.8) is 0 Å². The summed E-state index contributed by atoms with van der Waals surface area (Å²) in [5.41, 5.74) is 3.02. The minimum Gasteiger partial charge on any atom is -0.496 e. The van der Waals surface area contributed by atoms with Crippen LogP contribution in [0.15, 0.2) is 47.4 Å². The van der Waals surface area contributed by atoms with E-state index in [1.165, 1.54) is 4.31 Å². The minimum absolute atomic E-state index is 0.0409. The van der Waals surface area contributed by atoms with Crippen LogP contribution in [0.25, 0.3) is 0 Å². The van der Waals surface area contributed by atoms with Crippen molar-refractivity contribution in [2.45, 2.75) is 31.6 Å². The molecule has 3 rings (SSSR count). The number of piperazine rings is 1. The smallest absolute Gasteiger partial charge is 0.243 e. The molecule has 1 saturated heterocycles. The molecule has 0 radical (unpaired) electrons. The lowest BCUT2D eigenvalue weighted by Crippen LogP contribution is -2.50. The zero-order valence-corrected chi connectivity index (χ0v) is 18.0. The fourth-order valence-electron chi connectivity index (χ4n) is 3.51. The van der Waals surface area contributed by atoms with Crippen molar-refractivity contribution in [1.29, 1.82) is 0 Å². The van der Waals surface area contributed by atoms with Crippen LogP contribution in [-0.2, 0) is 21.2 Å². The van der Waals surface area contributed by atoms with Crippen LogP contribution in [-0.4, -0.2) is 56.8 Å². The van der Waals surface area contributed by atoms with E-state index in [1.807, 2.05) is 44.2 Å². The number of hydrogen-bond acceptors (Lipinski definition) is 4. The third-order valence-electron chi connectivity index (χ3n) is 5.51. The number of amides is 1. The fourth-order valence-corrected chi connectivity index (χ4v) is 5.02. The Kier molecular flexibility index (Phi) is 6.59. The molecule has 2 aromatic carbocycles. The van der Waals surface area contributed by atoms with Gasteiger partial charge >= 0.3 is 0 Å². The maximum absolute atomic E-state index is 12.9. The first-order chi connectivity index (χ1) is 13.8. The molecule has 7 heteroatoms. The first kappa shape index (κ1) is 21.3. The molecular weight excluding hydrogens is 388 g/mol. The second-order valence-corrected chi connectivity index (χ2v) is 9.28. The number of nitrogens with zero attached hydrogens (tertiary/aromatic N) is 2. The summed E-state index contributed by atoms with van der Waals surface area (Å²) >= 11 is 0. The third kappa shape index (κ3) is 4.79. The van der Waals surface area contributed by atoms with Gasteiger partial charge in [-0.05, 0) is 55.2 Å². The van der Waals surface area contributed by atoms with Gasteiger partial charge in [-0.25, -0.2) is 8.42 Å². The number of sulfonamides is 1. The van der Waals surface area contributed by atoms with Gasteiger partial charge in [0.1, 0.15) is 5.75 Å². The average Bonchev–Trinajstić information content (AvgIpc) is 2.74. The molecule has 0 aromatic heterocycles. The van der Waals surface area contributed by atoms with Crippen molar-refractivity contribution in [2.24, 2.45) is 0 Å². The number of carbonyl (C=O) groups is 1. The van der Waals surface area contributed by atoms with Gasteiger partial charge in [-0.1, -0.05) is 24.3 Å². The maximum atomic E-state index is 12.9. The molecule has 1 aliphatic rings. The average molecular weight is 417 g/mol. The second kappa shape index (κ2) is 8.97. The predicted molar refractivity (Wildman–Crippen MR) is 113 cm³/mol. The lowest BCUT2D eigenvalue weighted by atomic mass is 10.1. The van der Waals surface area contributed by atoms with Crippen molar-refractivity contribution in [1.82, 2.24) is 9.21 Å². The summed E-state index contributed by atoms with van der Waals surface area (Å²) < 4.78 is 32.6. The molecule has 0 N–H and O–H groups in total. The van der Waals surface area contributed by atoms with Gasteiger partial charge in [-0.15, -0.1) is 0 Å². The number of hydrogen-bond donors (Lipinski definition) is 0. The standard InChI is InChI=1S/C22H28N2O4S/c1-17-8-10-20(16-18(17)2)29(26,27)24-14-12-23(13-15-24)22(25)11-9-19-6-4-5-7-21(19)28-3/h4-8,10,16H,9,11-15H2,1-3H3. The van der Waals surface area contributed by atoms with Gasteiger partial charge in [0.15, 0.2) is 0 Å². The van der Waals surface area contributed by atoms with E-state index < -0.39 is 10.0 Å². The lowest BCUT2D eigenvalue weighted by molar-refractivity contribution is -0.132. The van der Waals surface area contributed by atoms with E-state index in [2.05, 4.69) is 0 Å². The van der Waals surface area contributed by atoms with E-state index in [0.29, 0.717) is 43.9 Å². The van der Waals surface area contributed by atoms with Gasteiger partial charge in [0.25, 0.3) is 0 Å². The number of aryl methyl sites for hydroxylation is 3. The van der Waals surface area contributed by atoms with Crippen LogP contribution in [0.4, 0.5) is 0 Å². The molecule has 6 nitrogen and oxygen atoms in total. The molecular formula is C22H28N2O4S. The number of rotatable bonds is 6. The molecule has 0 saturated carbocycles. The molecule has 29 heavy (non-hydrogen) atoms. The highest BCUT2D eigenvalue weighted by atomic mass is 32.2. The van der Waals surface area contributed by atoms with Crippen LogP contribution in [0, 0.1) is 13.8 Å². The predicted octanol–water partition coefficient (Wildman–Crippen LogP) is 2.78. The van der Waals surface area contributed by atoms with Gasteiger partial charge in [0.2, 0.25) is 15.9 Å². The summed E-state index contributed by atoms with van der Waals surface area (Å²) in [5.74, 6) is 0.823. The number of benzene rings is 2. The van der Waals surface area contributed by atoms with Crippen LogP contribution < -0.4 is 4.74 Å². The quantitative estimate of drug-likeness (QED) is 0.726. The monoisotopic (exact) mass is 416 g/mol. The molecule has 2 aromatic rings. The molecule has 0 spiro atoms. The summed E-state index contributed by atoms with van der Waals surface area (Å²) in [7, 11) is -1.91. The fraction of sp³-hybridized carbons (Fsp3) is 0.409. The second-order valence-electron chi connectivity index (χ2n) is 7.34. The van der Waals surface area contributed by atoms with Crippen LogP contribution in [0.3, 0.4) is 0 Å². The van der Waals surface area contributed by atoms with Crippen molar-refractivity contribution < 1.29 is 17.9 Å². The first-order valence-electron chi connectivity index (χ1n) is 9.80. The largest absolute Gasteiger partial charge is 0.496 e. The van der Waals surface area contributed by atoms with Crippen LogP contribution in [0.2, 0.25) is 0 Å². The summed E-state index contributed by atoms with van der Waals surface area (Å²) in [4.78, 5) is 14.7. The Morgan fingerprint density at radius 2 is 1.69 bits per heavy atom. The number of para-hydroxylation sites is 1. The highest BCUT2D eigenvalue weighted by Crippen LogP contribution is 2.22. The molecule has 0 unspecified atom stereocenters. The Hall–Kier alpha value is -2.38. The number of ether oxygens (including phenoxy) is 1. The third-order valence-corrected chi connectivity index (χ3v) is 7.40. The van der Waals surface area contributed by atoms with Crippen molar-refractivity contribution in [3.8, 4) is 5.75 Å². The SMILES string of the molecule is COc1ccccc1CCC(=O)N1CCN(S(=O)(=O)c2ccc(C)c(C)c2)CC1. The highest BCUT2D eigenvalue weighted by Gasteiger charge is 2.30. The van der Waals surface area contributed by atoms with E-state index in [-0.39, 0.29) is 5.91 Å². The summed E-state index contributed by atoms with van der Waals surface area (Å²) in [6.07, 6.45) is 0.980. The van der Waals surface area contributed by atoms with E-state index in [4.69, 9.17) is 4.74 Å². The lowest BCUT2D eigenvalue weighted by Gasteiger charge is -2.34. The van der Waals surface area contributed by atoms with Gasteiger partial charge in [0, 0.05) is 32.6 Å². The molecule has 0 atom stereocenters. The Morgan fingerprint density at radius 3 is 2.34 bits per heavy atom. The first-order valence-corrected chi connectivity index (χ1v) is 11.2. The summed E-state index contributed by atoms with van der Waals surface area (Å²) in [6, 6.07) is 12.9. The molecule has 156 valence electrons. The molecule has 1 heterocycles. The minimum atomic E-state index is -3.54. The topological polar surface area (TPSA) is 66.9 Å². The highest BCUT2D eigenvalue weighted by molar-refractivity contribution is 7.89. The van der Waals surface area contributed by atoms with Crippen LogP contribution in [0.1, 0.15) is 23.1 Å². The molecule has 1 aliphatic heterocycles. The van der Waals surface area contributed by atoms with Crippen LogP contribution in [0.5, 0.6) is 5.75 Å². The van der Waals surface area contributed by atoms with Crippen molar-refractivity contribution >= 4 is 15.9 Å². The van der Waals surface area contributed by atoms with E-state index in [0.717, 1.165) is 22.4 Å². The number of methoxy groups -OCH3 is 1. The van der Waals surface area contributed by atoms with Crippen molar-refractivity contribution in [3.05, 3.63) is 59.2 Å². The van der Waals surface area contributed by atoms with E-state index >= 15 is 0 Å². The van der Waals surface area contributed by atoms with Gasteiger partial charge < -0.3 is 9.64 Å². The molecule has 1 amide bonds.